The summed E-state index contributed by atoms with van der Waals surface area (Å²) in [7, 11) is 0. The van der Waals surface area contributed by atoms with E-state index in [9.17, 15) is 14.7 Å². The van der Waals surface area contributed by atoms with Gasteiger partial charge in [-0.3, -0.25) is 9.59 Å². The number of hydrogen-bond acceptors (Lipinski definition) is 3. The monoisotopic (exact) mass is 307 g/mol. The van der Waals surface area contributed by atoms with Gasteiger partial charge >= 0.3 is 5.97 Å². The van der Waals surface area contributed by atoms with Crippen LogP contribution in [0.1, 0.15) is 35.7 Å². The van der Waals surface area contributed by atoms with Gasteiger partial charge in [0.1, 0.15) is 0 Å². The number of carboxylic acid groups (broad SMARTS) is 1. The number of amides is 1. The van der Waals surface area contributed by atoms with E-state index < -0.39 is 11.4 Å². The molecule has 0 aromatic heterocycles. The molecule has 0 unspecified atom stereocenters. The van der Waals surface area contributed by atoms with E-state index in [2.05, 4.69) is 0 Å². The zero-order chi connectivity index (χ0) is 15.5. The van der Waals surface area contributed by atoms with Crippen molar-refractivity contribution < 1.29 is 14.7 Å². The number of nitrogens with zero attached hydrogens (tertiary/aromatic N) is 1. The third kappa shape index (κ3) is 3.59. The summed E-state index contributed by atoms with van der Waals surface area (Å²) in [5.41, 5.74) is 1.19. The number of hydrogen-bond donors (Lipinski definition) is 1. The van der Waals surface area contributed by atoms with Crippen LogP contribution < -0.4 is 0 Å². The third-order valence-electron chi connectivity index (χ3n) is 4.18. The minimum atomic E-state index is -0.768. The number of carbonyl (C=O) groups is 2. The van der Waals surface area contributed by atoms with Crippen molar-refractivity contribution in [1.82, 2.24) is 4.90 Å². The van der Waals surface area contributed by atoms with Gasteiger partial charge in [0.2, 0.25) is 0 Å². The van der Waals surface area contributed by atoms with Crippen LogP contribution in [0.5, 0.6) is 0 Å². The molecule has 0 atom stereocenters. The van der Waals surface area contributed by atoms with E-state index in [-0.39, 0.29) is 5.91 Å². The molecule has 0 bridgehead atoms. The van der Waals surface area contributed by atoms with Gasteiger partial charge in [-0.05, 0) is 43.7 Å². The molecule has 1 aromatic rings. The summed E-state index contributed by atoms with van der Waals surface area (Å²) in [6, 6.07) is 7.68. The van der Waals surface area contributed by atoms with Crippen molar-refractivity contribution in [3.05, 3.63) is 35.4 Å². The van der Waals surface area contributed by atoms with Gasteiger partial charge in [0, 0.05) is 24.4 Å². The molecule has 21 heavy (non-hydrogen) atoms. The van der Waals surface area contributed by atoms with E-state index in [1.165, 1.54) is 5.56 Å². The van der Waals surface area contributed by atoms with Crippen molar-refractivity contribution in [2.75, 3.05) is 19.3 Å². The molecule has 0 aliphatic carbocycles. The van der Waals surface area contributed by atoms with Crippen molar-refractivity contribution in [1.29, 1.82) is 0 Å². The lowest BCUT2D eigenvalue weighted by Gasteiger charge is -2.36. The van der Waals surface area contributed by atoms with Gasteiger partial charge in [-0.1, -0.05) is 12.1 Å². The van der Waals surface area contributed by atoms with Crippen LogP contribution in [0.4, 0.5) is 0 Å². The largest absolute Gasteiger partial charge is 0.481 e. The van der Waals surface area contributed by atoms with Gasteiger partial charge in [0.05, 0.1) is 5.41 Å². The van der Waals surface area contributed by atoms with E-state index in [4.69, 9.17) is 0 Å². The number of carbonyl (C=O) groups excluding carboxylic acids is 1. The maximum Gasteiger partial charge on any atom is 0.309 e. The van der Waals surface area contributed by atoms with E-state index >= 15 is 0 Å². The van der Waals surface area contributed by atoms with Crippen LogP contribution in [0.3, 0.4) is 0 Å². The lowest BCUT2D eigenvalue weighted by atomic mass is 9.80. The van der Waals surface area contributed by atoms with Crippen molar-refractivity contribution in [3.63, 3.8) is 0 Å². The molecule has 1 N–H and O–H groups in total. The highest BCUT2D eigenvalue weighted by Crippen LogP contribution is 2.31. The predicted octanol–water partition coefficient (Wildman–Crippen LogP) is 2.88. The highest BCUT2D eigenvalue weighted by Gasteiger charge is 2.38. The van der Waals surface area contributed by atoms with Crippen LogP contribution >= 0.6 is 11.8 Å². The standard InChI is InChI=1S/C16H21NO3S/c1-16(15(19)20)7-9-17(10-8-16)14(18)13-5-3-12(4-6-13)11-21-2/h3-6H,7-11H2,1-2H3,(H,19,20). The molecule has 1 aliphatic heterocycles. The van der Waals surface area contributed by atoms with E-state index in [1.54, 1.807) is 23.6 Å². The van der Waals surface area contributed by atoms with E-state index in [0.29, 0.717) is 31.5 Å². The molecule has 2 rings (SSSR count). The van der Waals surface area contributed by atoms with Crippen LogP contribution in [0.15, 0.2) is 24.3 Å². The summed E-state index contributed by atoms with van der Waals surface area (Å²) in [6.07, 6.45) is 3.07. The molecule has 0 saturated carbocycles. The number of aliphatic carboxylic acids is 1. The first-order chi connectivity index (χ1) is 9.96. The zero-order valence-corrected chi connectivity index (χ0v) is 13.3. The molecule has 114 valence electrons. The molecule has 1 saturated heterocycles. The van der Waals surface area contributed by atoms with Crippen molar-refractivity contribution in [3.8, 4) is 0 Å². The average Bonchev–Trinajstić information content (AvgIpc) is 2.48. The zero-order valence-electron chi connectivity index (χ0n) is 12.5. The van der Waals surface area contributed by atoms with Gasteiger partial charge in [0.25, 0.3) is 5.91 Å². The molecule has 1 fully saturated rings. The Kier molecular flexibility index (Phi) is 4.93. The molecule has 4 nitrogen and oxygen atoms in total. The first-order valence-electron chi connectivity index (χ1n) is 7.07. The molecule has 5 heteroatoms. The Balaban J connectivity index is 2.00. The second-order valence-electron chi connectivity index (χ2n) is 5.79. The van der Waals surface area contributed by atoms with Gasteiger partial charge < -0.3 is 10.0 Å². The Morgan fingerprint density at radius 3 is 2.29 bits per heavy atom. The summed E-state index contributed by atoms with van der Waals surface area (Å²) in [5, 5.41) is 9.22. The number of thioether (sulfide) groups is 1. The summed E-state index contributed by atoms with van der Waals surface area (Å²) < 4.78 is 0. The summed E-state index contributed by atoms with van der Waals surface area (Å²) in [5.74, 6) is 0.170. The fraction of sp³-hybridized carbons (Fsp3) is 0.500. The lowest BCUT2D eigenvalue weighted by molar-refractivity contribution is -0.150. The quantitative estimate of drug-likeness (QED) is 0.929. The number of likely N-dealkylation sites (tertiary alicyclic amines) is 1. The van der Waals surface area contributed by atoms with Crippen LogP contribution in [-0.4, -0.2) is 41.2 Å². The molecular weight excluding hydrogens is 286 g/mol. The maximum atomic E-state index is 12.4. The first-order valence-corrected chi connectivity index (χ1v) is 8.46. The number of rotatable bonds is 4. The molecule has 0 spiro atoms. The van der Waals surface area contributed by atoms with Gasteiger partial charge in [-0.2, -0.15) is 11.8 Å². The maximum absolute atomic E-state index is 12.4. The molecular formula is C16H21NO3S. The Hall–Kier alpha value is -1.49. The van der Waals surface area contributed by atoms with Crippen LogP contribution in [0, 0.1) is 5.41 Å². The fourth-order valence-electron chi connectivity index (χ4n) is 2.51. The van der Waals surface area contributed by atoms with Gasteiger partial charge in [0.15, 0.2) is 0 Å². The minimum absolute atomic E-state index is 0.00172. The molecule has 1 aliphatic rings. The Bertz CT molecular complexity index is 519. The second-order valence-corrected chi connectivity index (χ2v) is 6.65. The lowest BCUT2D eigenvalue weighted by Crippen LogP contribution is -2.45. The summed E-state index contributed by atoms with van der Waals surface area (Å²) in [4.78, 5) is 25.4. The van der Waals surface area contributed by atoms with E-state index in [0.717, 1.165) is 5.75 Å². The predicted molar refractivity (Wildman–Crippen MR) is 84.5 cm³/mol. The molecule has 1 amide bonds. The fourth-order valence-corrected chi connectivity index (χ4v) is 3.04. The van der Waals surface area contributed by atoms with Crippen molar-refractivity contribution >= 4 is 23.6 Å². The summed E-state index contributed by atoms with van der Waals surface area (Å²) >= 11 is 1.75. The Labute approximate surface area is 129 Å². The van der Waals surface area contributed by atoms with Gasteiger partial charge in [-0.15, -0.1) is 0 Å². The normalized spacial score (nSPS) is 17.5. The van der Waals surface area contributed by atoms with Crippen LogP contribution in [0.2, 0.25) is 0 Å². The number of piperidine rings is 1. The van der Waals surface area contributed by atoms with Gasteiger partial charge in [-0.25, -0.2) is 0 Å². The second kappa shape index (κ2) is 6.52. The number of carboxylic acids is 1. The molecule has 1 aromatic carbocycles. The average molecular weight is 307 g/mol. The number of benzene rings is 1. The van der Waals surface area contributed by atoms with Crippen molar-refractivity contribution in [2.45, 2.75) is 25.5 Å². The first kappa shape index (κ1) is 15.9. The van der Waals surface area contributed by atoms with Crippen molar-refractivity contribution in [2.24, 2.45) is 5.41 Å². The SMILES string of the molecule is CSCc1ccc(C(=O)N2CCC(C)(C(=O)O)CC2)cc1. The highest BCUT2D eigenvalue weighted by molar-refractivity contribution is 7.97. The summed E-state index contributed by atoms with van der Waals surface area (Å²) in [6.45, 7) is 2.77. The third-order valence-corrected chi connectivity index (χ3v) is 4.80. The van der Waals surface area contributed by atoms with Crippen LogP contribution in [-0.2, 0) is 10.5 Å². The minimum Gasteiger partial charge on any atom is -0.481 e. The molecule has 1 heterocycles. The highest BCUT2D eigenvalue weighted by atomic mass is 32.2. The Morgan fingerprint density at radius 1 is 1.24 bits per heavy atom. The Morgan fingerprint density at radius 2 is 1.81 bits per heavy atom. The topological polar surface area (TPSA) is 57.6 Å². The van der Waals surface area contributed by atoms with E-state index in [1.807, 2.05) is 30.5 Å². The smallest absolute Gasteiger partial charge is 0.309 e. The van der Waals surface area contributed by atoms with Crippen LogP contribution in [0.25, 0.3) is 0 Å². The molecule has 0 radical (unpaired) electrons.